The first kappa shape index (κ1) is 16.6. The van der Waals surface area contributed by atoms with Crippen molar-refractivity contribution in [3.8, 4) is 0 Å². The molecule has 1 fully saturated rings. The van der Waals surface area contributed by atoms with Gasteiger partial charge in [0.25, 0.3) is 0 Å². The lowest BCUT2D eigenvalue weighted by atomic mass is 9.96. The molecular formula is C17H27ClN2O. The van der Waals surface area contributed by atoms with Gasteiger partial charge < -0.3 is 15.0 Å². The Morgan fingerprint density at radius 2 is 2.10 bits per heavy atom. The maximum Gasteiger partial charge on any atom is 0.0491 e. The van der Waals surface area contributed by atoms with Crippen molar-refractivity contribution >= 4 is 17.3 Å². The van der Waals surface area contributed by atoms with Gasteiger partial charge in [0.05, 0.1) is 0 Å². The van der Waals surface area contributed by atoms with Crippen LogP contribution in [0.5, 0.6) is 0 Å². The van der Waals surface area contributed by atoms with Crippen LogP contribution in [-0.2, 0) is 11.3 Å². The molecule has 4 heteroatoms. The average Bonchev–Trinajstić information content (AvgIpc) is 2.49. The van der Waals surface area contributed by atoms with E-state index in [9.17, 15) is 0 Å². The number of benzene rings is 1. The number of piperidine rings is 1. The molecular weight excluding hydrogens is 284 g/mol. The molecule has 0 unspecified atom stereocenters. The second-order valence-electron chi connectivity index (χ2n) is 5.84. The van der Waals surface area contributed by atoms with Gasteiger partial charge in [0.2, 0.25) is 0 Å². The van der Waals surface area contributed by atoms with Gasteiger partial charge in [-0.05, 0) is 55.5 Å². The number of halogens is 1. The zero-order valence-corrected chi connectivity index (χ0v) is 14.0. The summed E-state index contributed by atoms with van der Waals surface area (Å²) in [7, 11) is 1.79. The van der Waals surface area contributed by atoms with E-state index >= 15 is 0 Å². The molecule has 0 atom stereocenters. The molecule has 1 aromatic carbocycles. The Hall–Kier alpha value is -0.770. The number of nitrogens with one attached hydrogen (secondary N) is 1. The van der Waals surface area contributed by atoms with E-state index in [0.29, 0.717) is 5.92 Å². The van der Waals surface area contributed by atoms with E-state index in [2.05, 4.69) is 29.3 Å². The zero-order valence-electron chi connectivity index (χ0n) is 13.2. The van der Waals surface area contributed by atoms with Crippen LogP contribution in [0.1, 0.15) is 31.7 Å². The van der Waals surface area contributed by atoms with Gasteiger partial charge in [-0.15, -0.1) is 0 Å². The Kier molecular flexibility index (Phi) is 6.81. The zero-order chi connectivity index (χ0) is 15.1. The number of hydrogen-bond donors (Lipinski definition) is 1. The van der Waals surface area contributed by atoms with Crippen molar-refractivity contribution in [2.75, 3.05) is 38.3 Å². The summed E-state index contributed by atoms with van der Waals surface area (Å²) in [6.45, 7) is 7.22. The Morgan fingerprint density at radius 1 is 1.33 bits per heavy atom. The number of nitrogens with zero attached hydrogens (tertiary/aromatic N) is 1. The molecule has 1 N–H and O–H groups in total. The topological polar surface area (TPSA) is 24.5 Å². The van der Waals surface area contributed by atoms with Gasteiger partial charge in [-0.3, -0.25) is 0 Å². The highest BCUT2D eigenvalue weighted by Gasteiger charge is 2.20. The van der Waals surface area contributed by atoms with Crippen LogP contribution < -0.4 is 10.2 Å². The third-order valence-electron chi connectivity index (χ3n) is 4.14. The van der Waals surface area contributed by atoms with Crippen molar-refractivity contribution in [1.82, 2.24) is 5.32 Å². The molecule has 1 aliphatic rings. The summed E-state index contributed by atoms with van der Waals surface area (Å²) >= 11 is 6.17. The minimum Gasteiger partial charge on any atom is -0.384 e. The largest absolute Gasteiger partial charge is 0.384 e. The molecule has 0 aromatic heterocycles. The van der Waals surface area contributed by atoms with Crippen LogP contribution in [0.4, 0.5) is 5.69 Å². The Labute approximate surface area is 133 Å². The molecule has 0 spiro atoms. The van der Waals surface area contributed by atoms with Crippen LogP contribution in [0, 0.1) is 5.92 Å². The highest BCUT2D eigenvalue weighted by molar-refractivity contribution is 6.30. The molecule has 3 nitrogen and oxygen atoms in total. The van der Waals surface area contributed by atoms with E-state index in [4.69, 9.17) is 16.3 Å². The first-order valence-electron chi connectivity index (χ1n) is 7.97. The van der Waals surface area contributed by atoms with Crippen molar-refractivity contribution in [3.63, 3.8) is 0 Å². The molecule has 21 heavy (non-hydrogen) atoms. The van der Waals surface area contributed by atoms with Crippen LogP contribution in [0.25, 0.3) is 0 Å². The second-order valence-corrected chi connectivity index (χ2v) is 6.27. The van der Waals surface area contributed by atoms with Crippen LogP contribution in [0.3, 0.4) is 0 Å². The fourth-order valence-electron chi connectivity index (χ4n) is 2.98. The van der Waals surface area contributed by atoms with Crippen molar-refractivity contribution in [3.05, 3.63) is 28.8 Å². The molecule has 2 rings (SSSR count). The average molecular weight is 311 g/mol. The highest BCUT2D eigenvalue weighted by atomic mass is 35.5. The minimum absolute atomic E-state index is 0.709. The van der Waals surface area contributed by atoms with Gasteiger partial charge in [-0.25, -0.2) is 0 Å². The predicted octanol–water partition coefficient (Wildman–Crippen LogP) is 3.70. The number of hydrogen-bond acceptors (Lipinski definition) is 3. The summed E-state index contributed by atoms with van der Waals surface area (Å²) in [6, 6.07) is 6.27. The lowest BCUT2D eigenvalue weighted by Gasteiger charge is -2.34. The molecule has 0 radical (unpaired) electrons. The van der Waals surface area contributed by atoms with Crippen molar-refractivity contribution in [2.45, 2.75) is 32.7 Å². The molecule has 0 amide bonds. The molecule has 118 valence electrons. The first-order valence-corrected chi connectivity index (χ1v) is 8.35. The van der Waals surface area contributed by atoms with Crippen LogP contribution in [0.15, 0.2) is 18.2 Å². The molecule has 0 saturated carbocycles. The van der Waals surface area contributed by atoms with Gasteiger partial charge >= 0.3 is 0 Å². The standard InChI is InChI=1S/C17H27ClN2O/c1-3-8-19-12-15-11-16(18)4-5-17(15)20-9-6-14(7-10-20)13-21-2/h4-5,11,14,19H,3,6-10,12-13H2,1-2H3. The smallest absolute Gasteiger partial charge is 0.0491 e. The molecule has 1 aliphatic heterocycles. The molecule has 1 saturated heterocycles. The maximum atomic E-state index is 6.17. The summed E-state index contributed by atoms with van der Waals surface area (Å²) < 4.78 is 5.28. The maximum absolute atomic E-state index is 6.17. The van der Waals surface area contributed by atoms with E-state index in [1.165, 1.54) is 24.1 Å². The van der Waals surface area contributed by atoms with Gasteiger partial charge in [-0.2, -0.15) is 0 Å². The second kappa shape index (κ2) is 8.62. The van der Waals surface area contributed by atoms with E-state index in [-0.39, 0.29) is 0 Å². The first-order chi connectivity index (χ1) is 10.2. The van der Waals surface area contributed by atoms with Crippen molar-refractivity contribution < 1.29 is 4.74 Å². The number of methoxy groups -OCH3 is 1. The van der Waals surface area contributed by atoms with Gasteiger partial charge in [0.1, 0.15) is 0 Å². The van der Waals surface area contributed by atoms with Crippen molar-refractivity contribution in [2.24, 2.45) is 5.92 Å². The third-order valence-corrected chi connectivity index (χ3v) is 4.38. The van der Waals surface area contributed by atoms with Crippen molar-refractivity contribution in [1.29, 1.82) is 0 Å². The lowest BCUT2D eigenvalue weighted by molar-refractivity contribution is 0.139. The van der Waals surface area contributed by atoms with Gasteiger partial charge in [0.15, 0.2) is 0 Å². The van der Waals surface area contributed by atoms with Crippen LogP contribution in [-0.4, -0.2) is 33.4 Å². The normalized spacial score (nSPS) is 16.4. The molecule has 1 heterocycles. The lowest BCUT2D eigenvalue weighted by Crippen LogP contribution is -2.35. The van der Waals surface area contributed by atoms with E-state index < -0.39 is 0 Å². The SMILES string of the molecule is CCCNCc1cc(Cl)ccc1N1CCC(COC)CC1. The number of anilines is 1. The van der Waals surface area contributed by atoms with Crippen LogP contribution >= 0.6 is 11.6 Å². The quantitative estimate of drug-likeness (QED) is 0.777. The Balaban J connectivity index is 2.01. The van der Waals surface area contributed by atoms with Gasteiger partial charge in [-0.1, -0.05) is 18.5 Å². The van der Waals surface area contributed by atoms with E-state index in [1.807, 2.05) is 6.07 Å². The summed E-state index contributed by atoms with van der Waals surface area (Å²) in [5.41, 5.74) is 2.64. The fourth-order valence-corrected chi connectivity index (χ4v) is 3.17. The molecule has 1 aromatic rings. The summed E-state index contributed by atoms with van der Waals surface area (Å²) in [5.74, 6) is 0.709. The Morgan fingerprint density at radius 3 is 2.76 bits per heavy atom. The summed E-state index contributed by atoms with van der Waals surface area (Å²) in [5, 5.41) is 4.30. The summed E-state index contributed by atoms with van der Waals surface area (Å²) in [6.07, 6.45) is 3.56. The predicted molar refractivity (Wildman–Crippen MR) is 90.3 cm³/mol. The summed E-state index contributed by atoms with van der Waals surface area (Å²) in [4.78, 5) is 2.49. The van der Waals surface area contributed by atoms with E-state index in [0.717, 1.165) is 44.2 Å². The molecule has 0 bridgehead atoms. The number of rotatable bonds is 7. The van der Waals surface area contributed by atoms with E-state index in [1.54, 1.807) is 7.11 Å². The molecule has 0 aliphatic carbocycles. The fraction of sp³-hybridized carbons (Fsp3) is 0.647. The Bertz CT molecular complexity index is 431. The van der Waals surface area contributed by atoms with Crippen LogP contribution in [0.2, 0.25) is 5.02 Å². The third kappa shape index (κ3) is 4.87. The van der Waals surface area contributed by atoms with Gasteiger partial charge in [0, 0.05) is 44.1 Å². The number of ether oxygens (including phenoxy) is 1. The highest BCUT2D eigenvalue weighted by Crippen LogP contribution is 2.28. The monoisotopic (exact) mass is 310 g/mol. The minimum atomic E-state index is 0.709.